The summed E-state index contributed by atoms with van der Waals surface area (Å²) < 4.78 is 0. The van der Waals surface area contributed by atoms with Crippen molar-refractivity contribution in [1.82, 2.24) is 20.4 Å². The SMILES string of the molecule is NCCCC1CNCCN1CCCN.NCCN1CCNCC1. The summed E-state index contributed by atoms with van der Waals surface area (Å²) in [5.41, 5.74) is 16.5. The van der Waals surface area contributed by atoms with Gasteiger partial charge in [0, 0.05) is 64.9 Å². The lowest BCUT2D eigenvalue weighted by Crippen LogP contribution is -2.51. The van der Waals surface area contributed by atoms with Crippen LogP contribution in [0.1, 0.15) is 19.3 Å². The maximum atomic E-state index is 5.53. The molecule has 0 saturated carbocycles. The zero-order valence-corrected chi connectivity index (χ0v) is 14.8. The highest BCUT2D eigenvalue weighted by atomic mass is 15.2. The van der Waals surface area contributed by atoms with E-state index in [1.165, 1.54) is 6.42 Å². The summed E-state index contributed by atoms with van der Waals surface area (Å²) in [5.74, 6) is 0. The molecular formula is C16H39N7. The predicted octanol–water partition coefficient (Wildman–Crippen LogP) is -1.80. The Labute approximate surface area is 142 Å². The summed E-state index contributed by atoms with van der Waals surface area (Å²) in [5, 5.41) is 6.73. The number of hydrogen-bond acceptors (Lipinski definition) is 7. The Morgan fingerprint density at radius 3 is 2.13 bits per heavy atom. The van der Waals surface area contributed by atoms with E-state index in [0.717, 1.165) is 91.4 Å². The molecule has 0 bridgehead atoms. The first-order valence-corrected chi connectivity index (χ1v) is 9.29. The third-order valence-corrected chi connectivity index (χ3v) is 4.52. The van der Waals surface area contributed by atoms with Crippen molar-refractivity contribution in [3.63, 3.8) is 0 Å². The lowest BCUT2D eigenvalue weighted by atomic mass is 10.1. The molecule has 2 aliphatic heterocycles. The molecule has 2 saturated heterocycles. The van der Waals surface area contributed by atoms with Crippen molar-refractivity contribution in [2.24, 2.45) is 17.2 Å². The summed E-state index contributed by atoms with van der Waals surface area (Å²) in [4.78, 5) is 4.94. The van der Waals surface area contributed by atoms with Gasteiger partial charge in [0.15, 0.2) is 0 Å². The van der Waals surface area contributed by atoms with Crippen LogP contribution in [0.15, 0.2) is 0 Å². The molecule has 0 spiro atoms. The van der Waals surface area contributed by atoms with Gasteiger partial charge in [0.05, 0.1) is 0 Å². The average Bonchev–Trinajstić information content (AvgIpc) is 2.60. The molecular weight excluding hydrogens is 290 g/mol. The van der Waals surface area contributed by atoms with Gasteiger partial charge in [-0.1, -0.05) is 0 Å². The van der Waals surface area contributed by atoms with Crippen LogP contribution >= 0.6 is 0 Å². The Morgan fingerprint density at radius 2 is 1.48 bits per heavy atom. The first kappa shape index (κ1) is 20.8. The van der Waals surface area contributed by atoms with Crippen LogP contribution < -0.4 is 27.8 Å². The quantitative estimate of drug-likeness (QED) is 0.357. The Bertz CT molecular complexity index is 240. The largest absolute Gasteiger partial charge is 0.330 e. The van der Waals surface area contributed by atoms with Crippen molar-refractivity contribution in [2.75, 3.05) is 78.5 Å². The van der Waals surface area contributed by atoms with Crippen LogP contribution in [0.3, 0.4) is 0 Å². The Balaban J connectivity index is 0.000000253. The van der Waals surface area contributed by atoms with Crippen LogP contribution in [0.5, 0.6) is 0 Å². The van der Waals surface area contributed by atoms with Crippen molar-refractivity contribution < 1.29 is 0 Å². The fourth-order valence-electron chi connectivity index (χ4n) is 3.15. The molecule has 8 N–H and O–H groups in total. The standard InChI is InChI=1S/C10H24N4.C6H15N3/c11-4-1-3-10-9-13-6-8-14(10)7-2-5-12;7-1-4-9-5-2-8-3-6-9/h10,13H,1-9,11-12H2;8H,1-7H2. The maximum Gasteiger partial charge on any atom is 0.0221 e. The zero-order valence-electron chi connectivity index (χ0n) is 14.8. The van der Waals surface area contributed by atoms with E-state index < -0.39 is 0 Å². The van der Waals surface area contributed by atoms with Crippen LogP contribution in [-0.4, -0.2) is 94.4 Å². The Kier molecular flexibility index (Phi) is 12.7. The van der Waals surface area contributed by atoms with Crippen LogP contribution in [0.25, 0.3) is 0 Å². The number of piperazine rings is 2. The number of rotatable bonds is 8. The molecule has 0 aromatic carbocycles. The fraction of sp³-hybridized carbons (Fsp3) is 1.00. The van der Waals surface area contributed by atoms with E-state index in [0.29, 0.717) is 6.04 Å². The van der Waals surface area contributed by atoms with Crippen LogP contribution in [0.2, 0.25) is 0 Å². The van der Waals surface area contributed by atoms with Gasteiger partial charge in [-0.2, -0.15) is 0 Å². The number of hydrogen-bond donors (Lipinski definition) is 5. The van der Waals surface area contributed by atoms with Crippen LogP contribution in [-0.2, 0) is 0 Å². The topological polar surface area (TPSA) is 109 Å². The molecule has 2 heterocycles. The van der Waals surface area contributed by atoms with Gasteiger partial charge in [-0.3, -0.25) is 9.80 Å². The van der Waals surface area contributed by atoms with Gasteiger partial charge in [-0.25, -0.2) is 0 Å². The third kappa shape index (κ3) is 9.56. The second kappa shape index (κ2) is 14.1. The number of nitrogens with zero attached hydrogens (tertiary/aromatic N) is 2. The summed E-state index contributed by atoms with van der Waals surface area (Å²) in [6.45, 7) is 12.6. The molecule has 7 heteroatoms. The number of nitrogens with two attached hydrogens (primary N) is 3. The van der Waals surface area contributed by atoms with Crippen molar-refractivity contribution in [1.29, 1.82) is 0 Å². The van der Waals surface area contributed by atoms with E-state index in [1.807, 2.05) is 0 Å². The lowest BCUT2D eigenvalue weighted by Gasteiger charge is -2.36. The molecule has 23 heavy (non-hydrogen) atoms. The molecule has 1 unspecified atom stereocenters. The van der Waals surface area contributed by atoms with E-state index in [9.17, 15) is 0 Å². The minimum atomic E-state index is 0.679. The van der Waals surface area contributed by atoms with Crippen LogP contribution in [0.4, 0.5) is 0 Å². The van der Waals surface area contributed by atoms with Gasteiger partial charge in [-0.05, 0) is 38.9 Å². The molecule has 1 atom stereocenters. The van der Waals surface area contributed by atoms with E-state index >= 15 is 0 Å². The second-order valence-electron chi connectivity index (χ2n) is 6.35. The predicted molar refractivity (Wildman–Crippen MR) is 98.6 cm³/mol. The van der Waals surface area contributed by atoms with Gasteiger partial charge < -0.3 is 27.8 Å². The summed E-state index contributed by atoms with van der Waals surface area (Å²) in [6, 6.07) is 0.679. The van der Waals surface area contributed by atoms with Gasteiger partial charge in [-0.15, -0.1) is 0 Å². The van der Waals surface area contributed by atoms with Crippen LogP contribution in [0, 0.1) is 0 Å². The van der Waals surface area contributed by atoms with Gasteiger partial charge in [0.2, 0.25) is 0 Å². The molecule has 0 radical (unpaired) electrons. The Hall–Kier alpha value is -0.280. The average molecular weight is 330 g/mol. The smallest absolute Gasteiger partial charge is 0.0221 e. The Morgan fingerprint density at radius 1 is 0.783 bits per heavy atom. The van der Waals surface area contributed by atoms with Gasteiger partial charge in [0.1, 0.15) is 0 Å². The highest BCUT2D eigenvalue weighted by Gasteiger charge is 2.20. The monoisotopic (exact) mass is 329 g/mol. The molecule has 2 fully saturated rings. The normalized spacial score (nSPS) is 23.3. The first-order valence-electron chi connectivity index (χ1n) is 9.29. The lowest BCUT2D eigenvalue weighted by molar-refractivity contribution is 0.151. The van der Waals surface area contributed by atoms with Gasteiger partial charge >= 0.3 is 0 Å². The molecule has 138 valence electrons. The zero-order chi connectivity index (χ0) is 16.8. The van der Waals surface area contributed by atoms with E-state index in [1.54, 1.807) is 0 Å². The van der Waals surface area contributed by atoms with Crippen molar-refractivity contribution in [3.05, 3.63) is 0 Å². The molecule has 0 aromatic heterocycles. The maximum absolute atomic E-state index is 5.53. The first-order chi connectivity index (χ1) is 11.3. The van der Waals surface area contributed by atoms with Crippen molar-refractivity contribution in [3.8, 4) is 0 Å². The highest BCUT2D eigenvalue weighted by molar-refractivity contribution is 4.79. The molecule has 2 rings (SSSR count). The molecule has 7 nitrogen and oxygen atoms in total. The van der Waals surface area contributed by atoms with E-state index in [2.05, 4.69) is 20.4 Å². The van der Waals surface area contributed by atoms with E-state index in [-0.39, 0.29) is 0 Å². The molecule has 0 aromatic rings. The summed E-state index contributed by atoms with van der Waals surface area (Å²) >= 11 is 0. The second-order valence-corrected chi connectivity index (χ2v) is 6.35. The van der Waals surface area contributed by atoms with Gasteiger partial charge in [0.25, 0.3) is 0 Å². The van der Waals surface area contributed by atoms with Crippen molar-refractivity contribution in [2.45, 2.75) is 25.3 Å². The van der Waals surface area contributed by atoms with Crippen molar-refractivity contribution >= 4 is 0 Å². The number of nitrogens with one attached hydrogen (secondary N) is 2. The minimum absolute atomic E-state index is 0.679. The van der Waals surface area contributed by atoms with E-state index in [4.69, 9.17) is 17.2 Å². The molecule has 0 aliphatic carbocycles. The molecule has 0 amide bonds. The molecule has 2 aliphatic rings. The third-order valence-electron chi connectivity index (χ3n) is 4.52. The summed E-state index contributed by atoms with van der Waals surface area (Å²) in [7, 11) is 0. The summed E-state index contributed by atoms with van der Waals surface area (Å²) in [6.07, 6.45) is 3.46. The minimum Gasteiger partial charge on any atom is -0.330 e. The highest BCUT2D eigenvalue weighted by Crippen LogP contribution is 2.09. The fourth-order valence-corrected chi connectivity index (χ4v) is 3.15.